The molecule has 0 aliphatic rings. The first kappa shape index (κ1) is 12.9. The molecule has 0 atom stereocenters. The van der Waals surface area contributed by atoms with Crippen LogP contribution in [-0.4, -0.2) is 13.2 Å². The Bertz CT molecular complexity index is 481. The third kappa shape index (κ3) is 3.12. The van der Waals surface area contributed by atoms with Crippen LogP contribution in [0.5, 0.6) is 11.5 Å². The zero-order chi connectivity index (χ0) is 12.8. The Hall–Kier alpha value is -2.20. The molecule has 0 spiro atoms. The zero-order valence-corrected chi connectivity index (χ0v) is 10.2. The van der Waals surface area contributed by atoms with Crippen LogP contribution in [-0.2, 0) is 6.42 Å². The van der Waals surface area contributed by atoms with E-state index in [1.54, 1.807) is 12.1 Å². The minimum atomic E-state index is -0.0192. The molecule has 88 valence electrons. The van der Waals surface area contributed by atoms with Crippen molar-refractivity contribution in [2.24, 2.45) is 0 Å². The van der Waals surface area contributed by atoms with Crippen molar-refractivity contribution in [1.82, 2.24) is 0 Å². The molecule has 0 unspecified atom stereocenters. The Morgan fingerprint density at radius 2 is 2.00 bits per heavy atom. The van der Waals surface area contributed by atoms with Gasteiger partial charge in [0.15, 0.2) is 11.5 Å². The van der Waals surface area contributed by atoms with E-state index in [4.69, 9.17) is 20.0 Å². The number of ether oxygens (including phenoxy) is 2. The molecular formula is C13H14N2O2. The lowest BCUT2D eigenvalue weighted by molar-refractivity contribution is 0.228. The van der Waals surface area contributed by atoms with Crippen LogP contribution in [0.4, 0.5) is 0 Å². The molecule has 0 fully saturated rings. The lowest BCUT2D eigenvalue weighted by atomic mass is 10.1. The standard InChI is InChI=1S/C13H14N2O2/c1-9(2)17-13-11(4-5-14)6-10(8-15)7-12(13)16-3/h6-7,9H,4H2,1-3H3. The topological polar surface area (TPSA) is 66.0 Å². The highest BCUT2D eigenvalue weighted by Gasteiger charge is 2.14. The van der Waals surface area contributed by atoms with Gasteiger partial charge in [-0.2, -0.15) is 10.5 Å². The summed E-state index contributed by atoms with van der Waals surface area (Å²) in [5.74, 6) is 1.03. The summed E-state index contributed by atoms with van der Waals surface area (Å²) in [5.41, 5.74) is 1.14. The molecule has 1 rings (SSSR count). The first-order chi connectivity index (χ1) is 8.12. The molecule has 0 saturated carbocycles. The van der Waals surface area contributed by atoms with Gasteiger partial charge in [-0.3, -0.25) is 0 Å². The SMILES string of the molecule is COc1cc(C#N)cc(CC#N)c1OC(C)C. The molecule has 17 heavy (non-hydrogen) atoms. The summed E-state index contributed by atoms with van der Waals surface area (Å²) in [4.78, 5) is 0. The number of hydrogen-bond donors (Lipinski definition) is 0. The van der Waals surface area contributed by atoms with Crippen LogP contribution in [0, 0.1) is 22.7 Å². The van der Waals surface area contributed by atoms with E-state index >= 15 is 0 Å². The second kappa shape index (κ2) is 5.77. The average molecular weight is 230 g/mol. The lowest BCUT2D eigenvalue weighted by Gasteiger charge is -2.16. The molecule has 0 aliphatic carbocycles. The van der Waals surface area contributed by atoms with E-state index in [1.165, 1.54) is 7.11 Å². The quantitative estimate of drug-likeness (QED) is 0.796. The molecule has 1 aromatic rings. The lowest BCUT2D eigenvalue weighted by Crippen LogP contribution is -2.09. The summed E-state index contributed by atoms with van der Waals surface area (Å²) < 4.78 is 10.8. The van der Waals surface area contributed by atoms with Gasteiger partial charge >= 0.3 is 0 Å². The molecule has 0 radical (unpaired) electrons. The normalized spacial score (nSPS) is 9.53. The van der Waals surface area contributed by atoms with Gasteiger partial charge in [0.1, 0.15) is 0 Å². The van der Waals surface area contributed by atoms with Crippen LogP contribution in [0.3, 0.4) is 0 Å². The largest absolute Gasteiger partial charge is 0.493 e. The second-order valence-electron chi connectivity index (χ2n) is 3.78. The van der Waals surface area contributed by atoms with E-state index in [0.29, 0.717) is 22.6 Å². The first-order valence-electron chi connectivity index (χ1n) is 5.27. The molecule has 1 aromatic carbocycles. The van der Waals surface area contributed by atoms with Crippen molar-refractivity contribution < 1.29 is 9.47 Å². The highest BCUT2D eigenvalue weighted by atomic mass is 16.5. The fourth-order valence-corrected chi connectivity index (χ4v) is 1.46. The van der Waals surface area contributed by atoms with Gasteiger partial charge < -0.3 is 9.47 Å². The van der Waals surface area contributed by atoms with Crippen molar-refractivity contribution in [2.75, 3.05) is 7.11 Å². The molecule has 4 nitrogen and oxygen atoms in total. The highest BCUT2D eigenvalue weighted by Crippen LogP contribution is 2.33. The van der Waals surface area contributed by atoms with Gasteiger partial charge in [-0.15, -0.1) is 0 Å². The zero-order valence-electron chi connectivity index (χ0n) is 10.2. The van der Waals surface area contributed by atoms with Gasteiger partial charge in [0, 0.05) is 11.6 Å². The van der Waals surface area contributed by atoms with Gasteiger partial charge in [-0.1, -0.05) is 0 Å². The Balaban J connectivity index is 3.32. The van der Waals surface area contributed by atoms with Gasteiger partial charge in [0.25, 0.3) is 0 Å². The van der Waals surface area contributed by atoms with E-state index in [9.17, 15) is 0 Å². The van der Waals surface area contributed by atoms with Crippen LogP contribution < -0.4 is 9.47 Å². The van der Waals surface area contributed by atoms with Gasteiger partial charge in [0.2, 0.25) is 0 Å². The highest BCUT2D eigenvalue weighted by molar-refractivity contribution is 5.53. The van der Waals surface area contributed by atoms with Crippen molar-refractivity contribution >= 4 is 0 Å². The fraction of sp³-hybridized carbons (Fsp3) is 0.385. The summed E-state index contributed by atoms with van der Waals surface area (Å²) in [6, 6.07) is 7.36. The third-order valence-electron chi connectivity index (χ3n) is 2.10. The van der Waals surface area contributed by atoms with Crippen molar-refractivity contribution in [3.05, 3.63) is 23.3 Å². The number of hydrogen-bond acceptors (Lipinski definition) is 4. The first-order valence-corrected chi connectivity index (χ1v) is 5.27. The number of methoxy groups -OCH3 is 1. The maximum Gasteiger partial charge on any atom is 0.165 e. The Morgan fingerprint density at radius 3 is 2.47 bits per heavy atom. The minimum Gasteiger partial charge on any atom is -0.493 e. The van der Waals surface area contributed by atoms with Crippen molar-refractivity contribution in [3.8, 4) is 23.6 Å². The van der Waals surface area contributed by atoms with Crippen molar-refractivity contribution in [1.29, 1.82) is 10.5 Å². The maximum atomic E-state index is 8.89. The van der Waals surface area contributed by atoms with Crippen LogP contribution in [0.1, 0.15) is 25.0 Å². The molecule has 4 heteroatoms. The van der Waals surface area contributed by atoms with Gasteiger partial charge in [-0.05, 0) is 19.9 Å². The van der Waals surface area contributed by atoms with E-state index in [0.717, 1.165) is 0 Å². The predicted octanol–water partition coefficient (Wildman–Crippen LogP) is 2.42. The summed E-state index contributed by atoms with van der Waals surface area (Å²) in [7, 11) is 1.51. The van der Waals surface area contributed by atoms with E-state index in [2.05, 4.69) is 6.07 Å². The Kier molecular flexibility index (Phi) is 4.37. The predicted molar refractivity (Wildman–Crippen MR) is 62.8 cm³/mol. The van der Waals surface area contributed by atoms with Crippen molar-refractivity contribution in [3.63, 3.8) is 0 Å². The fourth-order valence-electron chi connectivity index (χ4n) is 1.46. The van der Waals surface area contributed by atoms with Crippen LogP contribution in [0.15, 0.2) is 12.1 Å². The number of nitriles is 2. The molecule has 0 aromatic heterocycles. The Labute approximate surface area is 101 Å². The second-order valence-corrected chi connectivity index (χ2v) is 3.78. The number of benzene rings is 1. The summed E-state index contributed by atoms with van der Waals surface area (Å²) in [5, 5.41) is 17.7. The van der Waals surface area contributed by atoms with Crippen LogP contribution >= 0.6 is 0 Å². The van der Waals surface area contributed by atoms with E-state index < -0.39 is 0 Å². The molecular weight excluding hydrogens is 216 g/mol. The van der Waals surface area contributed by atoms with Gasteiger partial charge in [-0.25, -0.2) is 0 Å². The van der Waals surface area contributed by atoms with Gasteiger partial charge in [0.05, 0.1) is 37.3 Å². The van der Waals surface area contributed by atoms with E-state index in [-0.39, 0.29) is 12.5 Å². The molecule has 0 saturated heterocycles. The molecule has 0 amide bonds. The summed E-state index contributed by atoms with van der Waals surface area (Å²) >= 11 is 0. The molecule has 0 N–H and O–H groups in total. The Morgan fingerprint density at radius 1 is 1.29 bits per heavy atom. The monoisotopic (exact) mass is 230 g/mol. The minimum absolute atomic E-state index is 0.0192. The summed E-state index contributed by atoms with van der Waals surface area (Å²) in [6.07, 6.45) is 0.169. The van der Waals surface area contributed by atoms with E-state index in [1.807, 2.05) is 19.9 Å². The number of nitrogens with zero attached hydrogens (tertiary/aromatic N) is 2. The molecule has 0 heterocycles. The van der Waals surface area contributed by atoms with Crippen molar-refractivity contribution in [2.45, 2.75) is 26.4 Å². The molecule has 0 bridgehead atoms. The maximum absolute atomic E-state index is 8.89. The number of rotatable bonds is 4. The molecule has 0 aliphatic heterocycles. The average Bonchev–Trinajstić information content (AvgIpc) is 2.30. The third-order valence-corrected chi connectivity index (χ3v) is 2.10. The van der Waals surface area contributed by atoms with Crippen LogP contribution in [0.25, 0.3) is 0 Å². The smallest absolute Gasteiger partial charge is 0.165 e. The van der Waals surface area contributed by atoms with Crippen LogP contribution in [0.2, 0.25) is 0 Å². The summed E-state index contributed by atoms with van der Waals surface area (Å²) in [6.45, 7) is 3.79.